The van der Waals surface area contributed by atoms with Crippen LogP contribution >= 0.6 is 0 Å². The number of benzene rings is 2. The molecule has 160 valence electrons. The Kier molecular flexibility index (Phi) is 9.67. The predicted molar refractivity (Wildman–Crippen MR) is 103 cm³/mol. The van der Waals surface area contributed by atoms with Gasteiger partial charge in [-0.3, -0.25) is 18.9 Å². The third kappa shape index (κ3) is 7.59. The van der Waals surface area contributed by atoms with Crippen LogP contribution in [0.2, 0.25) is 0 Å². The Balaban J connectivity index is 0.000000885. The average molecular weight is 477 g/mol. The van der Waals surface area contributed by atoms with Crippen molar-refractivity contribution < 1.29 is 69.5 Å². The van der Waals surface area contributed by atoms with Gasteiger partial charge < -0.3 is 5.32 Å². The molecule has 31 heavy (non-hydrogen) atoms. The van der Waals surface area contributed by atoms with Gasteiger partial charge in [-0.05, 0) is 13.0 Å². The van der Waals surface area contributed by atoms with Crippen LogP contribution in [0.4, 0.5) is 5.69 Å². The molecule has 0 heterocycles. The molecule has 0 spiro atoms. The number of rotatable bonds is 3. The first kappa shape index (κ1) is 27.1. The second kappa shape index (κ2) is 11.1. The maximum absolute atomic E-state index is 12.5. The maximum atomic E-state index is 12.5. The summed E-state index contributed by atoms with van der Waals surface area (Å²) in [5, 5.41) is 3.21. The van der Waals surface area contributed by atoms with E-state index >= 15 is 0 Å². The van der Waals surface area contributed by atoms with Gasteiger partial charge in [0.05, 0.1) is 17.2 Å². The Bertz CT molecular complexity index is 1230. The van der Waals surface area contributed by atoms with E-state index in [4.69, 9.17) is 12.6 Å². The van der Waals surface area contributed by atoms with Gasteiger partial charge in [0, 0.05) is 12.8 Å². The van der Waals surface area contributed by atoms with E-state index in [-0.39, 0.29) is 76.4 Å². The molecule has 0 aliphatic heterocycles. The van der Waals surface area contributed by atoms with Gasteiger partial charge in [-0.1, -0.05) is 16.6 Å². The molecule has 2 aromatic carbocycles. The molecule has 1 saturated carbocycles. The molecule has 1 aliphatic rings. The van der Waals surface area contributed by atoms with Crippen molar-refractivity contribution in [3.8, 4) is 0 Å². The fraction of sp³-hybridized carbons (Fsp3) is 0.278. The molecule has 0 saturated heterocycles. The van der Waals surface area contributed by atoms with E-state index in [0.717, 1.165) is 0 Å². The third-order valence-corrected chi connectivity index (χ3v) is 5.14. The molecule has 0 bridgehead atoms. The number of anilines is 1. The smallest absolute Gasteiger partial charge is 0.379 e. The van der Waals surface area contributed by atoms with Crippen LogP contribution in [0.1, 0.15) is 24.8 Å². The average Bonchev–Trinajstić information content (AvgIpc) is 2.58. The first-order chi connectivity index (χ1) is 13.9. The van der Waals surface area contributed by atoms with E-state index in [1.54, 1.807) is 19.1 Å². The topological polar surface area (TPSA) is 169 Å². The summed E-state index contributed by atoms with van der Waals surface area (Å²) in [7, 11) is -7.64. The summed E-state index contributed by atoms with van der Waals surface area (Å²) in [4.78, 5) is 35.3. The number of amides is 1. The summed E-state index contributed by atoms with van der Waals surface area (Å²) in [5.74, 6) is -1.92. The van der Waals surface area contributed by atoms with Gasteiger partial charge in [-0.25, -0.2) is 0 Å². The second-order valence-electron chi connectivity index (χ2n) is 6.62. The van der Waals surface area contributed by atoms with Crippen molar-refractivity contribution in [2.75, 3.05) is 5.32 Å². The maximum Gasteiger partial charge on any atom is 1.00 e. The molecule has 2 N–H and O–H groups in total. The number of ketones is 2. The standard InChI is InChI=1S/C18H16NO6S.Na.O3S/c1-10-5-11-3-2-4-15(17(11)16(6-10)26(23,24)25)19-18(22)12-7-13(20)9-14(21)8-12;;1-4(2)3/h3-6,12H,7-9H2,1H3,(H,19,22)(H,23,24,25);;/q-1;+1;. The minimum atomic E-state index is -4.53. The fourth-order valence-electron chi connectivity index (χ4n) is 3.18. The van der Waals surface area contributed by atoms with Crippen molar-refractivity contribution in [1.29, 1.82) is 0 Å². The van der Waals surface area contributed by atoms with E-state index < -0.39 is 32.6 Å². The monoisotopic (exact) mass is 477 g/mol. The molecule has 1 fully saturated rings. The molecule has 10 nitrogen and oxygen atoms in total. The zero-order chi connectivity index (χ0) is 22.6. The SMILES string of the molecule is Cc1cc(S(=O)(=O)O)c2c(NC(=O)C3CC(=O)CC(=O)C3)c[c-]cc2c1.O=S(=O)=O.[Na+]. The zero-order valence-corrected chi connectivity index (χ0v) is 20.2. The van der Waals surface area contributed by atoms with Crippen LogP contribution in [0.5, 0.6) is 0 Å². The van der Waals surface area contributed by atoms with Crippen molar-refractivity contribution in [2.24, 2.45) is 5.92 Å². The Morgan fingerprint density at radius 2 is 1.68 bits per heavy atom. The predicted octanol–water partition coefficient (Wildman–Crippen LogP) is -1.93. The van der Waals surface area contributed by atoms with Gasteiger partial charge in [-0.15, -0.1) is 24.1 Å². The number of hydrogen-bond acceptors (Lipinski definition) is 8. The van der Waals surface area contributed by atoms with E-state index in [1.165, 1.54) is 12.1 Å². The fourth-order valence-corrected chi connectivity index (χ4v) is 4.00. The largest absolute Gasteiger partial charge is 1.00 e. The van der Waals surface area contributed by atoms with Crippen molar-refractivity contribution >= 4 is 54.7 Å². The summed E-state index contributed by atoms with van der Waals surface area (Å²) in [6.07, 6.45) is -0.218. The van der Waals surface area contributed by atoms with Crippen LogP contribution in [0, 0.1) is 18.9 Å². The number of hydrogen-bond donors (Lipinski definition) is 2. The molecule has 3 rings (SSSR count). The third-order valence-electron chi connectivity index (χ3n) is 4.26. The van der Waals surface area contributed by atoms with Gasteiger partial charge in [0.2, 0.25) is 5.91 Å². The summed E-state index contributed by atoms with van der Waals surface area (Å²) < 4.78 is 58.4. The molecule has 1 amide bonds. The van der Waals surface area contributed by atoms with Crippen molar-refractivity contribution in [3.63, 3.8) is 0 Å². The van der Waals surface area contributed by atoms with Gasteiger partial charge in [0.15, 0.2) is 0 Å². The summed E-state index contributed by atoms with van der Waals surface area (Å²) in [6.45, 7) is 1.68. The van der Waals surface area contributed by atoms with Crippen LogP contribution < -0.4 is 34.9 Å². The Morgan fingerprint density at radius 3 is 2.19 bits per heavy atom. The van der Waals surface area contributed by atoms with Gasteiger partial charge in [0.1, 0.15) is 11.6 Å². The van der Waals surface area contributed by atoms with Crippen LogP contribution in [-0.2, 0) is 35.1 Å². The summed E-state index contributed by atoms with van der Waals surface area (Å²) in [5.41, 5.74) is 0.760. The Labute approximate surface area is 201 Å². The number of nitrogens with one attached hydrogen (secondary N) is 1. The minimum Gasteiger partial charge on any atom is -0.379 e. The molecule has 0 aromatic heterocycles. The van der Waals surface area contributed by atoms with Crippen molar-refractivity contribution in [3.05, 3.63) is 35.9 Å². The minimum absolute atomic E-state index is 0. The molecular formula is C18H16NNaO9S2. The van der Waals surface area contributed by atoms with E-state index in [1.807, 2.05) is 0 Å². The molecule has 0 atom stereocenters. The number of fused-ring (bicyclic) bond motifs is 1. The molecule has 13 heteroatoms. The second-order valence-corrected chi connectivity index (χ2v) is 8.42. The van der Waals surface area contributed by atoms with Crippen LogP contribution in [-0.4, -0.2) is 43.1 Å². The Hall–Kier alpha value is -1.96. The zero-order valence-electron chi connectivity index (χ0n) is 16.5. The first-order valence-corrected chi connectivity index (χ1v) is 10.9. The molecule has 2 aromatic rings. The van der Waals surface area contributed by atoms with E-state index in [0.29, 0.717) is 10.9 Å². The number of Topliss-reactive ketones (excluding diaryl/α,β-unsaturated/α-hetero) is 2. The van der Waals surface area contributed by atoms with Gasteiger partial charge >= 0.3 is 40.2 Å². The van der Waals surface area contributed by atoms with Crippen LogP contribution in [0.15, 0.2) is 29.2 Å². The number of carbonyl (C=O) groups is 3. The normalized spacial score (nSPS) is 14.3. The number of aryl methyl sites for hydroxylation is 1. The van der Waals surface area contributed by atoms with Crippen LogP contribution in [0.25, 0.3) is 10.8 Å². The summed E-state index contributed by atoms with van der Waals surface area (Å²) >= 11 is 0. The Morgan fingerprint density at radius 1 is 1.13 bits per heavy atom. The molecule has 0 radical (unpaired) electrons. The molecular weight excluding hydrogens is 461 g/mol. The first-order valence-electron chi connectivity index (χ1n) is 8.41. The van der Waals surface area contributed by atoms with Crippen molar-refractivity contribution in [1.82, 2.24) is 0 Å². The van der Waals surface area contributed by atoms with E-state index in [2.05, 4.69) is 11.4 Å². The number of carbonyl (C=O) groups excluding carboxylic acids is 3. The van der Waals surface area contributed by atoms with Gasteiger partial charge in [-0.2, -0.15) is 26.6 Å². The van der Waals surface area contributed by atoms with Crippen molar-refractivity contribution in [2.45, 2.75) is 31.1 Å². The summed E-state index contributed by atoms with van der Waals surface area (Å²) in [6, 6.07) is 8.74. The quantitative estimate of drug-likeness (QED) is 0.221. The van der Waals surface area contributed by atoms with Crippen LogP contribution in [0.3, 0.4) is 0 Å². The van der Waals surface area contributed by atoms with Gasteiger partial charge in [0.25, 0.3) is 10.1 Å². The molecule has 0 unspecified atom stereocenters. The van der Waals surface area contributed by atoms with E-state index in [9.17, 15) is 27.4 Å². The molecule has 1 aliphatic carbocycles.